The van der Waals surface area contributed by atoms with Crippen LogP contribution in [0.3, 0.4) is 0 Å². The molecule has 3 nitrogen and oxygen atoms in total. The van der Waals surface area contributed by atoms with E-state index in [4.69, 9.17) is 9.47 Å². The fourth-order valence-electron chi connectivity index (χ4n) is 2.87. The van der Waals surface area contributed by atoms with Crippen molar-refractivity contribution < 1.29 is 27.4 Å². The first-order valence-electron chi connectivity index (χ1n) is 6.44. The lowest BCUT2D eigenvalue weighted by Gasteiger charge is -2.17. The highest BCUT2D eigenvalue weighted by Gasteiger charge is 2.59. The maximum atomic E-state index is 12.7. The van der Waals surface area contributed by atoms with Crippen LogP contribution in [-0.2, 0) is 15.7 Å². The monoisotopic (exact) mass is 286 g/mol. The fraction of sp³-hybridized carbons (Fsp3) is 0.500. The molecule has 1 aliphatic heterocycles. The van der Waals surface area contributed by atoms with Crippen molar-refractivity contribution in [2.24, 2.45) is 11.8 Å². The lowest BCUT2D eigenvalue weighted by atomic mass is 10.0. The van der Waals surface area contributed by atoms with Crippen molar-refractivity contribution in [2.75, 3.05) is 13.2 Å². The highest BCUT2D eigenvalue weighted by Crippen LogP contribution is 2.59. The third-order valence-corrected chi connectivity index (χ3v) is 3.85. The molecule has 1 fully saturated rings. The number of carbonyl (C=O) groups excluding carboxylic acids is 1. The van der Waals surface area contributed by atoms with E-state index in [1.165, 1.54) is 6.07 Å². The normalized spacial score (nSPS) is 27.1. The Bertz CT molecular complexity index is 553. The van der Waals surface area contributed by atoms with E-state index in [1.807, 2.05) is 0 Å². The van der Waals surface area contributed by atoms with E-state index < -0.39 is 11.7 Å². The smallest absolute Gasteiger partial charge is 0.416 e. The molecule has 0 radical (unpaired) electrons. The van der Waals surface area contributed by atoms with Gasteiger partial charge in [-0.05, 0) is 30.7 Å². The van der Waals surface area contributed by atoms with Gasteiger partial charge in [0.2, 0.25) is 0 Å². The summed E-state index contributed by atoms with van der Waals surface area (Å²) in [6, 6.07) is 3.42. The predicted molar refractivity (Wildman–Crippen MR) is 63.3 cm³/mol. The van der Waals surface area contributed by atoms with E-state index in [2.05, 4.69) is 0 Å². The van der Waals surface area contributed by atoms with Gasteiger partial charge in [-0.1, -0.05) is 0 Å². The van der Waals surface area contributed by atoms with Crippen molar-refractivity contribution in [1.29, 1.82) is 0 Å². The third-order valence-electron chi connectivity index (χ3n) is 3.85. The van der Waals surface area contributed by atoms with Crippen LogP contribution in [0.2, 0.25) is 0 Å². The largest absolute Gasteiger partial charge is 0.493 e. The molecule has 0 spiro atoms. The molecule has 1 heterocycles. The van der Waals surface area contributed by atoms with Crippen LogP contribution >= 0.6 is 0 Å². The van der Waals surface area contributed by atoms with Crippen LogP contribution in [-0.4, -0.2) is 19.2 Å². The van der Waals surface area contributed by atoms with E-state index in [-0.39, 0.29) is 30.3 Å². The first kappa shape index (κ1) is 13.3. The van der Waals surface area contributed by atoms with Crippen LogP contribution in [0, 0.1) is 11.8 Å². The Morgan fingerprint density at radius 1 is 1.45 bits per heavy atom. The van der Waals surface area contributed by atoms with Crippen molar-refractivity contribution >= 4 is 5.97 Å². The third kappa shape index (κ3) is 2.03. The molecule has 3 unspecified atom stereocenters. The Morgan fingerprint density at radius 3 is 2.85 bits per heavy atom. The van der Waals surface area contributed by atoms with Crippen LogP contribution in [0.15, 0.2) is 18.2 Å². The Hall–Kier alpha value is -1.72. The van der Waals surface area contributed by atoms with Gasteiger partial charge in [0, 0.05) is 11.8 Å². The van der Waals surface area contributed by atoms with Gasteiger partial charge in [-0.3, -0.25) is 4.79 Å². The maximum Gasteiger partial charge on any atom is 0.416 e. The van der Waals surface area contributed by atoms with Gasteiger partial charge in [-0.2, -0.15) is 13.2 Å². The number of benzene rings is 1. The summed E-state index contributed by atoms with van der Waals surface area (Å²) >= 11 is 0. The molecule has 0 amide bonds. The predicted octanol–water partition coefficient (Wildman–Crippen LogP) is 2.99. The molecule has 2 aliphatic rings. The summed E-state index contributed by atoms with van der Waals surface area (Å²) in [6.45, 7) is 2.33. The zero-order valence-electron chi connectivity index (χ0n) is 10.7. The van der Waals surface area contributed by atoms with Gasteiger partial charge in [-0.25, -0.2) is 0 Å². The summed E-state index contributed by atoms with van der Waals surface area (Å²) in [7, 11) is 0. The molecule has 0 aromatic heterocycles. The van der Waals surface area contributed by atoms with Crippen molar-refractivity contribution in [2.45, 2.75) is 19.0 Å². The average Bonchev–Trinajstić information content (AvgIpc) is 3.12. The second-order valence-corrected chi connectivity index (χ2v) is 5.03. The van der Waals surface area contributed by atoms with E-state index in [9.17, 15) is 18.0 Å². The first-order chi connectivity index (χ1) is 9.43. The summed E-state index contributed by atoms with van der Waals surface area (Å²) < 4.78 is 48.6. The Kier molecular flexibility index (Phi) is 2.92. The highest BCUT2D eigenvalue weighted by atomic mass is 19.4. The second kappa shape index (κ2) is 4.40. The number of esters is 1. The molecule has 3 rings (SSSR count). The van der Waals surface area contributed by atoms with Crippen LogP contribution in [0.4, 0.5) is 13.2 Å². The minimum absolute atomic E-state index is 0.0648. The number of rotatable bonds is 2. The van der Waals surface area contributed by atoms with Gasteiger partial charge in [0.15, 0.2) is 0 Å². The SMILES string of the molecule is CCOC(=O)C1C2COc3ccc(C(F)(F)F)cc3C21. The van der Waals surface area contributed by atoms with Gasteiger partial charge in [0.25, 0.3) is 0 Å². The number of ether oxygens (including phenoxy) is 2. The molecule has 3 atom stereocenters. The van der Waals surface area contributed by atoms with Gasteiger partial charge in [0.1, 0.15) is 5.75 Å². The summed E-state index contributed by atoms with van der Waals surface area (Å²) in [5.41, 5.74) is -0.246. The number of hydrogen-bond acceptors (Lipinski definition) is 3. The minimum Gasteiger partial charge on any atom is -0.493 e. The zero-order valence-corrected chi connectivity index (χ0v) is 10.7. The van der Waals surface area contributed by atoms with Gasteiger partial charge < -0.3 is 9.47 Å². The zero-order chi connectivity index (χ0) is 14.5. The minimum atomic E-state index is -4.39. The first-order valence-corrected chi connectivity index (χ1v) is 6.44. The molecule has 1 aromatic carbocycles. The number of carbonyl (C=O) groups is 1. The lowest BCUT2D eigenvalue weighted by Crippen LogP contribution is -2.11. The molecule has 0 N–H and O–H groups in total. The molecule has 0 saturated heterocycles. The Balaban J connectivity index is 1.91. The molecule has 1 aromatic rings. The maximum absolute atomic E-state index is 12.7. The summed E-state index contributed by atoms with van der Waals surface area (Å²) in [5.74, 6) is -0.563. The molecular weight excluding hydrogens is 273 g/mol. The Labute approximate surface area is 113 Å². The van der Waals surface area contributed by atoms with Crippen molar-refractivity contribution in [1.82, 2.24) is 0 Å². The molecule has 1 saturated carbocycles. The number of alkyl halides is 3. The van der Waals surface area contributed by atoms with Crippen LogP contribution in [0.25, 0.3) is 0 Å². The van der Waals surface area contributed by atoms with E-state index in [0.717, 1.165) is 12.1 Å². The molecule has 6 heteroatoms. The summed E-state index contributed by atoms with van der Waals surface area (Å²) in [6.07, 6.45) is -4.39. The lowest BCUT2D eigenvalue weighted by molar-refractivity contribution is -0.145. The summed E-state index contributed by atoms with van der Waals surface area (Å²) in [5, 5.41) is 0. The Morgan fingerprint density at radius 2 is 2.20 bits per heavy atom. The van der Waals surface area contributed by atoms with Crippen LogP contribution < -0.4 is 4.74 Å². The van der Waals surface area contributed by atoms with Gasteiger partial charge >= 0.3 is 12.1 Å². The van der Waals surface area contributed by atoms with Crippen molar-refractivity contribution in [3.63, 3.8) is 0 Å². The topological polar surface area (TPSA) is 35.5 Å². The van der Waals surface area contributed by atoms with Crippen molar-refractivity contribution in [3.05, 3.63) is 29.3 Å². The molecule has 1 aliphatic carbocycles. The van der Waals surface area contributed by atoms with E-state index in [0.29, 0.717) is 17.9 Å². The highest BCUT2D eigenvalue weighted by molar-refractivity contribution is 5.79. The van der Waals surface area contributed by atoms with E-state index in [1.54, 1.807) is 6.92 Å². The summed E-state index contributed by atoms with van der Waals surface area (Å²) in [4.78, 5) is 11.8. The quantitative estimate of drug-likeness (QED) is 0.784. The number of hydrogen-bond donors (Lipinski definition) is 0. The second-order valence-electron chi connectivity index (χ2n) is 5.03. The molecule has 20 heavy (non-hydrogen) atoms. The molecular formula is C14H13F3O3. The number of halogens is 3. The molecule has 0 bridgehead atoms. The van der Waals surface area contributed by atoms with Crippen LogP contribution in [0.1, 0.15) is 24.0 Å². The standard InChI is InChI=1S/C14H13F3O3/c1-2-19-13(18)12-9-6-20-10-4-3-7(14(15,16)17)5-8(10)11(9)12/h3-5,9,11-12H,2,6H2,1H3. The van der Waals surface area contributed by atoms with Gasteiger partial charge in [0.05, 0.1) is 24.7 Å². The van der Waals surface area contributed by atoms with Crippen LogP contribution in [0.5, 0.6) is 5.75 Å². The average molecular weight is 286 g/mol. The van der Waals surface area contributed by atoms with E-state index >= 15 is 0 Å². The van der Waals surface area contributed by atoms with Crippen molar-refractivity contribution in [3.8, 4) is 5.75 Å². The van der Waals surface area contributed by atoms with Gasteiger partial charge in [-0.15, -0.1) is 0 Å². The number of fused-ring (bicyclic) bond motifs is 3. The fourth-order valence-corrected chi connectivity index (χ4v) is 2.87. The molecule has 108 valence electrons.